The van der Waals surface area contributed by atoms with Crippen molar-refractivity contribution in [1.82, 2.24) is 72.7 Å². The second-order valence-electron chi connectivity index (χ2n) is 36.9. The standard InChI is InChI=1S/C22H22N4O3.3C21H19N3O4.C19H15N3O5.CH4/c1-4-22(29)15-10-17-19-12(11-26(17)21(28)13(15)5-6-18(22)27)9-14-16(24-19)7-8-23-20(14)25(2)3;1-3-21(27)13-9-16-19-11(8-15-14(23-19)5-7-18(22-15)28-2)10-24(16)20(26)12(13)4-6-17(21)25;1-3-21(27)14-8-16-19-12(6-11-7-18(28-2)22-9-15(11)23-19)10-24(16)20(26)13(14)4-5-17(21)25;1-3-21(27)14-9-16-18-11(8-13-15(23-18)6-7-22-19(13)28-2)10-24(16)20(26)12(14)4-5-17(21)25;1-2-19(26)12-6-14-15-9(5-10-13(21-15)3-4-20-16(10)23)7-22(14)17(24)11(12)8-27-18(19)25;/h7-10,29H,4-6,11H2,1-3H3;5,7-9,27H,3-4,6,10H2,1-2H3;2*6-9,27H,3-5,10H2,1-2H3;3-6,26H,2,7-8H2,1H3,(H,20,23);1H4/t22-;3*21-;19-;/m00000./s1. The van der Waals surface area contributed by atoms with Gasteiger partial charge in [-0.3, -0.25) is 47.9 Å². The number of esters is 1. The third kappa shape index (κ3) is 14.2. The molecule has 0 unspecified atom stereocenters. The van der Waals surface area contributed by atoms with Crippen LogP contribution in [0, 0.1) is 0 Å². The Morgan fingerprint density at radius 2 is 0.738 bits per heavy atom. The number of hydrogen-bond acceptors (Lipinski definition) is 30. The van der Waals surface area contributed by atoms with Crippen LogP contribution < -0.4 is 52.5 Å². The van der Waals surface area contributed by atoms with E-state index in [1.807, 2.05) is 61.5 Å². The molecule has 0 radical (unpaired) electrons. The fourth-order valence-electron chi connectivity index (χ4n) is 21.7. The van der Waals surface area contributed by atoms with Gasteiger partial charge < -0.3 is 77.2 Å². The number of aromatic amines is 1. The van der Waals surface area contributed by atoms with Gasteiger partial charge in [-0.05, 0) is 143 Å². The summed E-state index contributed by atoms with van der Waals surface area (Å²) in [4.78, 5) is 185. The molecular formula is C105H98N16O20. The molecule has 10 aliphatic rings. The maximum absolute atomic E-state index is 13.2. The molecular weight excluding hydrogens is 1810 g/mol. The van der Waals surface area contributed by atoms with Crippen LogP contribution in [0.5, 0.6) is 17.6 Å². The second kappa shape index (κ2) is 34.2. The maximum Gasteiger partial charge on any atom is 0.343 e. The number of nitrogens with zero attached hydrogens (tertiary/aromatic N) is 15. The Morgan fingerprint density at radius 3 is 1.16 bits per heavy atom. The summed E-state index contributed by atoms with van der Waals surface area (Å²) in [6.07, 6.45) is 9.77. The Kier molecular flexibility index (Phi) is 22.6. The third-order valence-electron chi connectivity index (χ3n) is 29.5. The minimum absolute atomic E-state index is 0. The normalized spacial score (nSPS) is 19.9. The van der Waals surface area contributed by atoms with Crippen LogP contribution in [0.2, 0.25) is 0 Å². The van der Waals surface area contributed by atoms with E-state index < -0.39 is 34.0 Å². The van der Waals surface area contributed by atoms with Crippen LogP contribution in [-0.4, -0.2) is 163 Å². The highest BCUT2D eigenvalue weighted by atomic mass is 16.6. The summed E-state index contributed by atoms with van der Waals surface area (Å²) >= 11 is 0. The number of carbonyl (C=O) groups excluding carboxylic acids is 5. The van der Waals surface area contributed by atoms with Crippen molar-refractivity contribution in [2.75, 3.05) is 40.3 Å². The summed E-state index contributed by atoms with van der Waals surface area (Å²) in [7, 11) is 8.55. The van der Waals surface area contributed by atoms with E-state index in [-0.39, 0.29) is 146 Å². The van der Waals surface area contributed by atoms with Gasteiger partial charge in [0.2, 0.25) is 17.6 Å². The molecule has 718 valence electrons. The number of nitrogens with one attached hydrogen (secondary N) is 1. The fraction of sp³-hybridized carbons (Fsp3) is 0.333. The lowest BCUT2D eigenvalue weighted by Crippen LogP contribution is -2.44. The molecule has 0 aromatic carbocycles. The van der Waals surface area contributed by atoms with E-state index in [9.17, 15) is 78.3 Å². The molecule has 4 aliphatic carbocycles. The van der Waals surface area contributed by atoms with E-state index in [4.69, 9.17) is 38.9 Å². The number of rotatable bonds is 9. The van der Waals surface area contributed by atoms with Crippen molar-refractivity contribution >= 4 is 89.6 Å². The largest absolute Gasteiger partial charge is 0.481 e. The summed E-state index contributed by atoms with van der Waals surface area (Å²) in [6.45, 7) is 10.5. The van der Waals surface area contributed by atoms with Gasteiger partial charge in [-0.1, -0.05) is 42.0 Å². The van der Waals surface area contributed by atoms with E-state index in [0.29, 0.717) is 198 Å². The fourth-order valence-corrected chi connectivity index (χ4v) is 21.7. The van der Waals surface area contributed by atoms with Crippen LogP contribution >= 0.6 is 0 Å². The summed E-state index contributed by atoms with van der Waals surface area (Å²) in [5, 5.41) is 57.9. The molecule has 15 aromatic heterocycles. The van der Waals surface area contributed by atoms with Crippen LogP contribution in [0.4, 0.5) is 5.82 Å². The molecule has 25 rings (SSSR count). The molecule has 0 saturated carbocycles. The van der Waals surface area contributed by atoms with Crippen LogP contribution in [0.15, 0.2) is 151 Å². The van der Waals surface area contributed by atoms with Crippen molar-refractivity contribution in [1.29, 1.82) is 0 Å². The Hall–Kier alpha value is -15.5. The predicted molar refractivity (Wildman–Crippen MR) is 519 cm³/mol. The lowest BCUT2D eigenvalue weighted by atomic mass is 9.77. The first kappa shape index (κ1) is 93.2. The number of fused-ring (bicyclic) bond motifs is 25. The van der Waals surface area contributed by atoms with Crippen LogP contribution in [0.25, 0.3) is 112 Å². The van der Waals surface area contributed by atoms with Crippen molar-refractivity contribution in [3.8, 4) is 74.6 Å². The van der Waals surface area contributed by atoms with Crippen LogP contribution in [0.3, 0.4) is 0 Å². The molecule has 5 atom stereocenters. The first-order valence-electron chi connectivity index (χ1n) is 46.5. The number of Topliss-reactive ketones (excluding diaryl/α,β-unsaturated/α-hetero) is 4. The molecule has 0 bridgehead atoms. The molecule has 15 aromatic rings. The molecule has 0 saturated heterocycles. The summed E-state index contributed by atoms with van der Waals surface area (Å²) in [6, 6.07) is 29.1. The number of anilines is 1. The highest BCUT2D eigenvalue weighted by molar-refractivity contribution is 5.97. The minimum atomic E-state index is -1.85. The molecule has 141 heavy (non-hydrogen) atoms. The van der Waals surface area contributed by atoms with Gasteiger partial charge in [-0.25, -0.2) is 49.7 Å². The van der Waals surface area contributed by atoms with Gasteiger partial charge in [0.1, 0.15) is 34.8 Å². The lowest BCUT2D eigenvalue weighted by molar-refractivity contribution is -0.172. The molecule has 6 aliphatic heterocycles. The van der Waals surface area contributed by atoms with E-state index in [0.717, 1.165) is 61.0 Å². The number of cyclic esters (lactones) is 1. The number of pyridine rings is 15. The number of ketones is 4. The average molecular weight is 1900 g/mol. The lowest BCUT2D eigenvalue weighted by Gasteiger charge is -2.32. The van der Waals surface area contributed by atoms with Crippen molar-refractivity contribution < 1.29 is 68.5 Å². The van der Waals surface area contributed by atoms with Crippen molar-refractivity contribution in [2.24, 2.45) is 0 Å². The number of H-pyrrole nitrogens is 1. The Morgan fingerprint density at radius 1 is 0.369 bits per heavy atom. The highest BCUT2D eigenvalue weighted by Gasteiger charge is 2.50. The summed E-state index contributed by atoms with van der Waals surface area (Å²) in [5.41, 5.74) is 10.0. The Bertz CT molecular complexity index is 8290. The molecule has 0 fully saturated rings. The van der Waals surface area contributed by atoms with E-state index in [1.54, 1.807) is 152 Å². The first-order valence-corrected chi connectivity index (χ1v) is 46.5. The van der Waals surface area contributed by atoms with Crippen molar-refractivity contribution in [2.45, 2.75) is 193 Å². The number of aromatic nitrogens is 15. The monoisotopic (exact) mass is 1900 g/mol. The van der Waals surface area contributed by atoms with Crippen LogP contribution in [0.1, 0.15) is 183 Å². The quantitative estimate of drug-likeness (QED) is 0.0733. The van der Waals surface area contributed by atoms with Gasteiger partial charge in [0.15, 0.2) is 28.7 Å². The molecule has 36 heteroatoms. The predicted octanol–water partition coefficient (Wildman–Crippen LogP) is 9.23. The average Bonchev–Trinajstić information content (AvgIpc) is 1.63. The second-order valence-corrected chi connectivity index (χ2v) is 36.9. The zero-order valence-electron chi connectivity index (χ0n) is 78.1. The maximum atomic E-state index is 13.2. The number of ether oxygens (including phenoxy) is 4. The highest BCUT2D eigenvalue weighted by Crippen LogP contribution is 2.47. The van der Waals surface area contributed by atoms with Gasteiger partial charge in [0.05, 0.1) is 167 Å². The summed E-state index contributed by atoms with van der Waals surface area (Å²) < 4.78 is 29.0. The molecule has 6 N–H and O–H groups in total. The number of carbonyl (C=O) groups is 5. The van der Waals surface area contributed by atoms with Crippen LogP contribution in [-0.2, 0) is 122 Å². The SMILES string of the molecule is C.CC[C@@]1(O)C(=O)CCc2c1cc1n(c2=O)Cc2cc3c(N(C)C)nccc3nc2-1.CC[C@@]1(O)C(=O)CCc2c1cc1n(c2=O)Cc2cc3c(OC)nccc3nc2-1.CC[C@@]1(O)C(=O)CCc2c1cc1n(c2=O)Cc2cc3cc(OC)ncc3nc2-1.CC[C@@]1(O)C(=O)CCc2c1cc1n(c2=O)Cc2cc3nc(OC)ccc3nc2-1.CC[C@@]1(O)C(=O)OCc2c1cc1n(c2=O)Cc2cc3c(=O)[nH]ccc3nc2-1. The number of aliphatic hydroxyl groups is 5. The minimum Gasteiger partial charge on any atom is -0.481 e. The third-order valence-corrected chi connectivity index (χ3v) is 29.5. The Balaban J connectivity index is 0.000000108. The van der Waals surface area contributed by atoms with E-state index in [1.165, 1.54) is 6.20 Å². The molecule has 0 amide bonds. The number of hydrogen-bond donors (Lipinski definition) is 6. The van der Waals surface area contributed by atoms with Gasteiger partial charge in [0.25, 0.3) is 33.4 Å². The smallest absolute Gasteiger partial charge is 0.343 e. The Labute approximate surface area is 801 Å². The van der Waals surface area contributed by atoms with E-state index >= 15 is 0 Å². The topological polar surface area (TPSA) is 486 Å². The van der Waals surface area contributed by atoms with Gasteiger partial charge in [-0.2, -0.15) is 0 Å². The zero-order chi connectivity index (χ0) is 98.3. The van der Waals surface area contributed by atoms with Gasteiger partial charge in [0, 0.05) is 159 Å². The van der Waals surface area contributed by atoms with Gasteiger partial charge >= 0.3 is 5.97 Å². The zero-order valence-corrected chi connectivity index (χ0v) is 78.1. The number of methoxy groups -OCH3 is 3. The molecule has 0 spiro atoms. The van der Waals surface area contributed by atoms with Crippen molar-refractivity contribution in [3.63, 3.8) is 0 Å². The van der Waals surface area contributed by atoms with Crippen molar-refractivity contribution in [3.05, 3.63) is 267 Å². The van der Waals surface area contributed by atoms with E-state index in [2.05, 4.69) is 29.9 Å². The summed E-state index contributed by atoms with van der Waals surface area (Å²) in [5.74, 6) is 0.662. The van der Waals surface area contributed by atoms with Gasteiger partial charge in [-0.15, -0.1) is 0 Å². The molecule has 36 nitrogen and oxygen atoms in total. The molecule has 21 heterocycles. The first-order chi connectivity index (χ1) is 67.2.